The van der Waals surface area contributed by atoms with Gasteiger partial charge in [-0.15, -0.1) is 5.10 Å². The summed E-state index contributed by atoms with van der Waals surface area (Å²) in [7, 11) is 0. The molecule has 0 amide bonds. The Morgan fingerprint density at radius 3 is 2.95 bits per heavy atom. The average molecular weight is 281 g/mol. The summed E-state index contributed by atoms with van der Waals surface area (Å²) in [6, 6.07) is 7.34. The van der Waals surface area contributed by atoms with Gasteiger partial charge in [-0.1, -0.05) is 35.0 Å². The van der Waals surface area contributed by atoms with Crippen molar-refractivity contribution in [2.24, 2.45) is 0 Å². The molecule has 2 rings (SSSR count). The number of rotatable bonds is 7. The lowest BCUT2D eigenvalue weighted by molar-refractivity contribution is 0.174. The number of hydrogen-bond donors (Lipinski definition) is 2. The molecule has 1 aromatic carbocycles. The first kappa shape index (κ1) is 14.0. The lowest BCUT2D eigenvalue weighted by atomic mass is 10.1. The van der Waals surface area contributed by atoms with Crippen molar-refractivity contribution in [2.75, 3.05) is 13.1 Å². The number of nitrogens with zero attached hydrogens (tertiary/aromatic N) is 3. The van der Waals surface area contributed by atoms with Gasteiger partial charge in [0.25, 0.3) is 0 Å². The second-order valence-corrected chi connectivity index (χ2v) is 4.67. The first-order valence-electron chi connectivity index (χ1n) is 6.24. The maximum absolute atomic E-state index is 10.0. The lowest BCUT2D eigenvalue weighted by Crippen LogP contribution is -2.23. The van der Waals surface area contributed by atoms with Crippen LogP contribution in [0.3, 0.4) is 0 Å². The highest BCUT2D eigenvalue weighted by molar-refractivity contribution is 6.31. The number of aromatic nitrogens is 3. The normalized spacial score (nSPS) is 12.5. The summed E-state index contributed by atoms with van der Waals surface area (Å²) in [4.78, 5) is 0. The SMILES string of the molecule is OC(CNCCCn1ccnn1)c1ccccc1Cl. The Hall–Kier alpha value is -1.43. The molecule has 0 aliphatic heterocycles. The largest absolute Gasteiger partial charge is 0.387 e. The van der Waals surface area contributed by atoms with Crippen molar-refractivity contribution >= 4 is 11.6 Å². The van der Waals surface area contributed by atoms with E-state index in [-0.39, 0.29) is 0 Å². The standard InChI is InChI=1S/C13H17ClN4O/c14-12-5-2-1-4-11(12)13(19)10-15-6-3-8-18-9-7-16-17-18/h1-2,4-5,7,9,13,15,19H,3,6,8,10H2. The average Bonchev–Trinajstić information content (AvgIpc) is 2.92. The summed E-state index contributed by atoms with van der Waals surface area (Å²) in [5, 5.41) is 21.4. The Bertz CT molecular complexity index is 489. The van der Waals surface area contributed by atoms with Crippen LogP contribution in [0.2, 0.25) is 5.02 Å². The fraction of sp³-hybridized carbons (Fsp3) is 0.385. The van der Waals surface area contributed by atoms with Crippen LogP contribution >= 0.6 is 11.6 Å². The van der Waals surface area contributed by atoms with Crippen molar-refractivity contribution in [2.45, 2.75) is 19.1 Å². The molecule has 19 heavy (non-hydrogen) atoms. The second-order valence-electron chi connectivity index (χ2n) is 4.26. The summed E-state index contributed by atoms with van der Waals surface area (Å²) in [5.41, 5.74) is 0.757. The molecule has 0 spiro atoms. The van der Waals surface area contributed by atoms with Crippen LogP contribution in [0.25, 0.3) is 0 Å². The number of benzene rings is 1. The number of hydrogen-bond acceptors (Lipinski definition) is 4. The van der Waals surface area contributed by atoms with E-state index in [1.165, 1.54) is 0 Å². The van der Waals surface area contributed by atoms with Gasteiger partial charge in [0, 0.05) is 29.9 Å². The minimum absolute atomic E-state index is 0.487. The zero-order valence-electron chi connectivity index (χ0n) is 10.5. The van der Waals surface area contributed by atoms with E-state index in [1.54, 1.807) is 16.9 Å². The third-order valence-electron chi connectivity index (χ3n) is 2.81. The number of aliphatic hydroxyl groups excluding tert-OH is 1. The quantitative estimate of drug-likeness (QED) is 0.757. The van der Waals surface area contributed by atoms with Gasteiger partial charge in [0.15, 0.2) is 0 Å². The monoisotopic (exact) mass is 280 g/mol. The first-order chi connectivity index (χ1) is 9.27. The third-order valence-corrected chi connectivity index (χ3v) is 3.16. The van der Waals surface area contributed by atoms with E-state index in [0.717, 1.165) is 25.1 Å². The molecular formula is C13H17ClN4O. The predicted molar refractivity (Wildman–Crippen MR) is 73.9 cm³/mol. The van der Waals surface area contributed by atoms with Gasteiger partial charge in [-0.3, -0.25) is 4.68 Å². The molecule has 0 aliphatic rings. The fourth-order valence-corrected chi connectivity index (χ4v) is 2.07. The van der Waals surface area contributed by atoms with Crippen LogP contribution in [-0.4, -0.2) is 33.2 Å². The van der Waals surface area contributed by atoms with Gasteiger partial charge >= 0.3 is 0 Å². The van der Waals surface area contributed by atoms with E-state index in [2.05, 4.69) is 15.6 Å². The molecule has 1 aromatic heterocycles. The summed E-state index contributed by atoms with van der Waals surface area (Å²) < 4.78 is 1.78. The van der Waals surface area contributed by atoms with Crippen molar-refractivity contribution in [1.29, 1.82) is 0 Å². The van der Waals surface area contributed by atoms with Gasteiger partial charge in [-0.2, -0.15) is 0 Å². The van der Waals surface area contributed by atoms with Crippen molar-refractivity contribution in [3.63, 3.8) is 0 Å². The molecular weight excluding hydrogens is 264 g/mol. The highest BCUT2D eigenvalue weighted by atomic mass is 35.5. The number of aliphatic hydroxyl groups is 1. The summed E-state index contributed by atoms with van der Waals surface area (Å²) >= 11 is 6.02. The van der Waals surface area contributed by atoms with Crippen LogP contribution in [-0.2, 0) is 6.54 Å². The molecule has 1 atom stereocenters. The van der Waals surface area contributed by atoms with Gasteiger partial charge in [0.2, 0.25) is 0 Å². The minimum atomic E-state index is -0.583. The van der Waals surface area contributed by atoms with Crippen LogP contribution in [0.15, 0.2) is 36.7 Å². The number of aryl methyl sites for hydroxylation is 1. The highest BCUT2D eigenvalue weighted by Gasteiger charge is 2.09. The van der Waals surface area contributed by atoms with E-state index in [0.29, 0.717) is 11.6 Å². The van der Waals surface area contributed by atoms with Crippen LogP contribution in [0, 0.1) is 0 Å². The molecule has 6 heteroatoms. The molecule has 1 unspecified atom stereocenters. The Morgan fingerprint density at radius 2 is 2.21 bits per heavy atom. The topological polar surface area (TPSA) is 63.0 Å². The minimum Gasteiger partial charge on any atom is -0.387 e. The van der Waals surface area contributed by atoms with Crippen molar-refractivity contribution in [3.05, 3.63) is 47.2 Å². The van der Waals surface area contributed by atoms with Gasteiger partial charge in [-0.25, -0.2) is 0 Å². The first-order valence-corrected chi connectivity index (χ1v) is 6.62. The Morgan fingerprint density at radius 1 is 1.37 bits per heavy atom. The second kappa shape index (κ2) is 7.23. The van der Waals surface area contributed by atoms with Crippen LogP contribution in [0.4, 0.5) is 0 Å². The van der Waals surface area contributed by atoms with Crippen molar-refractivity contribution in [3.8, 4) is 0 Å². The summed E-state index contributed by atoms with van der Waals surface area (Å²) in [5.74, 6) is 0. The fourth-order valence-electron chi connectivity index (χ4n) is 1.81. The molecule has 0 aliphatic carbocycles. The van der Waals surface area contributed by atoms with Gasteiger partial charge in [0.1, 0.15) is 0 Å². The van der Waals surface area contributed by atoms with E-state index in [9.17, 15) is 5.11 Å². The number of halogens is 1. The molecule has 2 N–H and O–H groups in total. The zero-order valence-corrected chi connectivity index (χ0v) is 11.3. The highest BCUT2D eigenvalue weighted by Crippen LogP contribution is 2.21. The van der Waals surface area contributed by atoms with Crippen LogP contribution < -0.4 is 5.32 Å². The van der Waals surface area contributed by atoms with Crippen molar-refractivity contribution in [1.82, 2.24) is 20.3 Å². The summed E-state index contributed by atoms with van der Waals surface area (Å²) in [6.45, 7) is 2.11. The van der Waals surface area contributed by atoms with Crippen molar-refractivity contribution < 1.29 is 5.11 Å². The van der Waals surface area contributed by atoms with Crippen LogP contribution in [0.1, 0.15) is 18.1 Å². The Balaban J connectivity index is 1.67. The van der Waals surface area contributed by atoms with Gasteiger partial charge < -0.3 is 10.4 Å². The molecule has 5 nitrogen and oxygen atoms in total. The molecule has 0 saturated heterocycles. The van der Waals surface area contributed by atoms with Gasteiger partial charge in [0.05, 0.1) is 12.3 Å². The van der Waals surface area contributed by atoms with E-state index >= 15 is 0 Å². The Kier molecular flexibility index (Phi) is 5.32. The predicted octanol–water partition coefficient (Wildman–Crippen LogP) is 1.64. The maximum atomic E-state index is 10.0. The molecule has 0 fully saturated rings. The molecule has 0 bridgehead atoms. The summed E-state index contributed by atoms with van der Waals surface area (Å²) in [6.07, 6.45) is 3.84. The van der Waals surface area contributed by atoms with Crippen LogP contribution in [0.5, 0.6) is 0 Å². The van der Waals surface area contributed by atoms with Gasteiger partial charge in [-0.05, 0) is 19.0 Å². The maximum Gasteiger partial charge on any atom is 0.0928 e. The third kappa shape index (κ3) is 4.31. The van der Waals surface area contributed by atoms with E-state index < -0.39 is 6.10 Å². The Labute approximate surface area is 117 Å². The molecule has 0 saturated carbocycles. The van der Waals surface area contributed by atoms with E-state index in [4.69, 9.17) is 11.6 Å². The zero-order chi connectivity index (χ0) is 13.5. The molecule has 2 aromatic rings. The molecule has 102 valence electrons. The lowest BCUT2D eigenvalue weighted by Gasteiger charge is -2.13. The number of nitrogens with one attached hydrogen (secondary N) is 1. The van der Waals surface area contributed by atoms with E-state index in [1.807, 2.05) is 24.4 Å². The molecule has 0 radical (unpaired) electrons. The smallest absolute Gasteiger partial charge is 0.0928 e. The molecule has 1 heterocycles.